The van der Waals surface area contributed by atoms with Crippen LogP contribution in [0.1, 0.15) is 51.6 Å². The first-order valence-electron chi connectivity index (χ1n) is 19.5. The highest BCUT2D eigenvalue weighted by Gasteiger charge is 2.25. The van der Waals surface area contributed by atoms with Crippen LogP contribution >= 0.6 is 0 Å². The molecule has 8 aromatic carbocycles. The second-order valence-corrected chi connectivity index (χ2v) is 14.6. The molecule has 3 heteroatoms. The normalized spacial score (nSPS) is 17.5. The molecule has 2 aliphatic rings. The third-order valence-corrected chi connectivity index (χ3v) is 11.2. The molecule has 0 spiro atoms. The maximum atomic E-state index is 3.85. The summed E-state index contributed by atoms with van der Waals surface area (Å²) in [5, 5.41) is 13.9. The van der Waals surface area contributed by atoms with Gasteiger partial charge in [-0.3, -0.25) is 5.32 Å². The summed E-state index contributed by atoms with van der Waals surface area (Å²) >= 11 is 0. The third kappa shape index (κ3) is 6.49. The number of anilines is 1. The molecule has 0 saturated carbocycles. The van der Waals surface area contributed by atoms with Crippen LogP contribution in [0.15, 0.2) is 212 Å². The molecule has 2 heterocycles. The zero-order valence-corrected chi connectivity index (χ0v) is 30.9. The molecular formula is C53H41N3. The summed E-state index contributed by atoms with van der Waals surface area (Å²) in [5.74, 6) is 0. The Kier molecular flexibility index (Phi) is 8.83. The van der Waals surface area contributed by atoms with Crippen molar-refractivity contribution in [3.8, 4) is 22.3 Å². The lowest BCUT2D eigenvalue weighted by Crippen LogP contribution is -2.39. The van der Waals surface area contributed by atoms with Crippen LogP contribution in [0.3, 0.4) is 0 Å². The van der Waals surface area contributed by atoms with E-state index in [1.165, 1.54) is 72.0 Å². The summed E-state index contributed by atoms with van der Waals surface area (Å²) < 4.78 is 0. The van der Waals surface area contributed by atoms with Crippen LogP contribution in [-0.4, -0.2) is 0 Å². The first kappa shape index (κ1) is 33.6. The van der Waals surface area contributed by atoms with Crippen molar-refractivity contribution >= 4 is 27.7 Å². The van der Waals surface area contributed by atoms with Gasteiger partial charge in [-0.1, -0.05) is 194 Å². The highest BCUT2D eigenvalue weighted by Crippen LogP contribution is 2.44. The molecule has 0 aromatic heterocycles. The van der Waals surface area contributed by atoms with Crippen molar-refractivity contribution in [2.24, 2.45) is 0 Å². The summed E-state index contributed by atoms with van der Waals surface area (Å²) in [6, 6.07) is 72.2. The fourth-order valence-corrected chi connectivity index (χ4v) is 8.36. The third-order valence-electron chi connectivity index (χ3n) is 11.2. The molecule has 0 aliphatic carbocycles. The van der Waals surface area contributed by atoms with Gasteiger partial charge < -0.3 is 10.6 Å². The van der Waals surface area contributed by atoms with E-state index in [1.54, 1.807) is 0 Å². The van der Waals surface area contributed by atoms with Gasteiger partial charge in [-0.05, 0) is 84.6 Å². The van der Waals surface area contributed by atoms with E-state index in [0.717, 1.165) is 11.4 Å². The monoisotopic (exact) mass is 719 g/mol. The van der Waals surface area contributed by atoms with E-state index in [9.17, 15) is 0 Å². The minimum absolute atomic E-state index is 0.0365. The predicted molar refractivity (Wildman–Crippen MR) is 234 cm³/mol. The van der Waals surface area contributed by atoms with Gasteiger partial charge >= 0.3 is 0 Å². The highest BCUT2D eigenvalue weighted by molar-refractivity contribution is 6.08. The second kappa shape index (κ2) is 14.7. The topological polar surface area (TPSA) is 36.1 Å². The molecule has 268 valence electrons. The standard InChI is InChI=1S/C53H41N3/c1-5-14-38(15-6-1)47-34-49(40-16-7-2-8-17-40)54-48-33-32-45-44(22-13-23-46(45)52(47)48)39-28-24-36(25-29-39)37-26-30-43(31-27-37)53-55-50(41-18-9-3-10-19-41)35-51(56-53)42-20-11-4-12-21-42/h1-35,49-50,53-56H. The lowest BCUT2D eigenvalue weighted by Gasteiger charge is -2.33. The van der Waals surface area contributed by atoms with Gasteiger partial charge in [0, 0.05) is 16.9 Å². The van der Waals surface area contributed by atoms with E-state index in [2.05, 4.69) is 228 Å². The van der Waals surface area contributed by atoms with Crippen molar-refractivity contribution in [3.63, 3.8) is 0 Å². The van der Waals surface area contributed by atoms with Crippen LogP contribution in [0.5, 0.6) is 0 Å². The van der Waals surface area contributed by atoms with Crippen molar-refractivity contribution in [1.29, 1.82) is 0 Å². The van der Waals surface area contributed by atoms with Crippen molar-refractivity contribution in [2.45, 2.75) is 18.2 Å². The molecule has 56 heavy (non-hydrogen) atoms. The number of fused-ring (bicyclic) bond motifs is 3. The maximum Gasteiger partial charge on any atom is 0.104 e. The zero-order valence-electron chi connectivity index (χ0n) is 30.9. The minimum Gasteiger partial charge on any atom is -0.374 e. The summed E-state index contributed by atoms with van der Waals surface area (Å²) in [6.07, 6.45) is 4.64. The molecule has 3 N–H and O–H groups in total. The van der Waals surface area contributed by atoms with E-state index in [0.29, 0.717) is 0 Å². The Balaban J connectivity index is 0.942. The second-order valence-electron chi connectivity index (χ2n) is 14.6. The zero-order chi connectivity index (χ0) is 37.3. The first-order chi connectivity index (χ1) is 27.7. The average Bonchev–Trinajstić information content (AvgIpc) is 3.29. The average molecular weight is 720 g/mol. The summed E-state index contributed by atoms with van der Waals surface area (Å²) in [5.41, 5.74) is 15.7. The molecule has 0 fully saturated rings. The van der Waals surface area contributed by atoms with Gasteiger partial charge in [-0.2, -0.15) is 0 Å². The number of nitrogens with one attached hydrogen (secondary N) is 3. The van der Waals surface area contributed by atoms with Crippen LogP contribution in [0.4, 0.5) is 5.69 Å². The van der Waals surface area contributed by atoms with Crippen LogP contribution in [0, 0.1) is 0 Å². The van der Waals surface area contributed by atoms with E-state index in [-0.39, 0.29) is 18.2 Å². The number of hydrogen-bond acceptors (Lipinski definition) is 3. The van der Waals surface area contributed by atoms with Crippen molar-refractivity contribution in [2.75, 3.05) is 5.32 Å². The fourth-order valence-electron chi connectivity index (χ4n) is 8.36. The van der Waals surface area contributed by atoms with Gasteiger partial charge in [0.05, 0.1) is 12.1 Å². The van der Waals surface area contributed by atoms with Crippen molar-refractivity contribution < 1.29 is 0 Å². The number of benzene rings is 8. The minimum atomic E-state index is -0.0365. The molecule has 8 aromatic rings. The summed E-state index contributed by atoms with van der Waals surface area (Å²) in [4.78, 5) is 0. The quantitative estimate of drug-likeness (QED) is 0.153. The first-order valence-corrected chi connectivity index (χ1v) is 19.5. The van der Waals surface area contributed by atoms with E-state index >= 15 is 0 Å². The molecule has 2 aliphatic heterocycles. The lowest BCUT2D eigenvalue weighted by molar-refractivity contribution is 0.443. The maximum absolute atomic E-state index is 3.85. The van der Waals surface area contributed by atoms with E-state index in [1.807, 2.05) is 0 Å². The molecular weight excluding hydrogens is 679 g/mol. The van der Waals surface area contributed by atoms with E-state index in [4.69, 9.17) is 0 Å². The Labute approximate surface area is 328 Å². The molecule has 3 nitrogen and oxygen atoms in total. The highest BCUT2D eigenvalue weighted by atomic mass is 15.2. The molecule has 0 saturated heterocycles. The molecule has 0 bridgehead atoms. The number of rotatable bonds is 7. The largest absolute Gasteiger partial charge is 0.374 e. The number of hydrogen-bond donors (Lipinski definition) is 3. The Morgan fingerprint density at radius 3 is 1.57 bits per heavy atom. The van der Waals surface area contributed by atoms with Gasteiger partial charge in [0.1, 0.15) is 6.17 Å². The Hall–Kier alpha value is -6.94. The summed E-state index contributed by atoms with van der Waals surface area (Å²) in [6.45, 7) is 0. The van der Waals surface area contributed by atoms with Gasteiger partial charge in [0.25, 0.3) is 0 Å². The van der Waals surface area contributed by atoms with Crippen LogP contribution < -0.4 is 16.0 Å². The van der Waals surface area contributed by atoms with Gasteiger partial charge in [0.2, 0.25) is 0 Å². The smallest absolute Gasteiger partial charge is 0.104 e. The van der Waals surface area contributed by atoms with Crippen LogP contribution in [0.25, 0.3) is 44.3 Å². The van der Waals surface area contributed by atoms with Crippen molar-refractivity contribution in [1.82, 2.24) is 10.6 Å². The Bertz CT molecular complexity index is 2680. The van der Waals surface area contributed by atoms with Gasteiger partial charge in [0.15, 0.2) is 0 Å². The van der Waals surface area contributed by atoms with Crippen molar-refractivity contribution in [3.05, 3.63) is 246 Å². The molecule has 0 radical (unpaired) electrons. The predicted octanol–water partition coefficient (Wildman–Crippen LogP) is 12.7. The van der Waals surface area contributed by atoms with Crippen LogP contribution in [-0.2, 0) is 0 Å². The van der Waals surface area contributed by atoms with Gasteiger partial charge in [-0.25, -0.2) is 0 Å². The Morgan fingerprint density at radius 2 is 0.911 bits per heavy atom. The molecule has 10 rings (SSSR count). The van der Waals surface area contributed by atoms with Crippen LogP contribution in [0.2, 0.25) is 0 Å². The lowest BCUT2D eigenvalue weighted by atomic mass is 9.85. The molecule has 3 unspecified atom stereocenters. The fraction of sp³-hybridized carbons (Fsp3) is 0.0566. The summed E-state index contributed by atoms with van der Waals surface area (Å²) in [7, 11) is 0. The van der Waals surface area contributed by atoms with Gasteiger partial charge in [-0.15, -0.1) is 0 Å². The van der Waals surface area contributed by atoms with E-state index < -0.39 is 0 Å². The molecule has 3 atom stereocenters. The SMILES string of the molecule is C1=C(c2ccccc2)NC(c2ccc(-c3ccc(-c4cccc5c6c(ccc45)NC(c4ccccc4)C=C6c4ccccc4)cc3)cc2)NC1c1ccccc1. The molecule has 0 amide bonds. The Morgan fingerprint density at radius 1 is 0.339 bits per heavy atom.